The van der Waals surface area contributed by atoms with E-state index in [0.717, 1.165) is 30.4 Å². The molecule has 3 aliphatic rings. The van der Waals surface area contributed by atoms with Gasteiger partial charge in [-0.15, -0.1) is 0 Å². The van der Waals surface area contributed by atoms with Gasteiger partial charge in [-0.05, 0) is 49.7 Å². The molecule has 0 aromatic carbocycles. The summed E-state index contributed by atoms with van der Waals surface area (Å²) in [5.74, 6) is -3.55. The molecule has 47 heavy (non-hydrogen) atoms. The van der Waals surface area contributed by atoms with Crippen LogP contribution in [-0.2, 0) is 35.3 Å². The minimum absolute atomic E-state index is 0.0275. The molecule has 1 saturated heterocycles. The number of nitrogens with two attached hydrogens (primary N) is 1. The van der Waals surface area contributed by atoms with Gasteiger partial charge < -0.3 is 35.7 Å². The second kappa shape index (κ2) is 14.3. The Hall–Kier alpha value is -4.16. The first kappa shape index (κ1) is 35.7. The Balaban J connectivity index is 1.51. The molecule has 2 saturated carbocycles. The SMILES string of the molecule is CC(C)=C1[C@H]2[C@@H]1CN(C(=O)[C@@H](NC(=O)N[C@H](C(=O)OCc1ccco1)C(C)C)C(C)(C)C)[C@@H]2C(=O)NC(CC1CCC1)C(=O)C(N)=O. The lowest BCUT2D eigenvalue weighted by Gasteiger charge is -2.37. The molecule has 4 rings (SSSR count). The van der Waals surface area contributed by atoms with Crippen molar-refractivity contribution in [2.24, 2.45) is 34.8 Å². The number of esters is 1. The Morgan fingerprint density at radius 2 is 1.74 bits per heavy atom. The number of rotatable bonds is 13. The molecule has 6 atom stereocenters. The van der Waals surface area contributed by atoms with Crippen molar-refractivity contribution in [3.05, 3.63) is 35.3 Å². The summed E-state index contributed by atoms with van der Waals surface area (Å²) < 4.78 is 10.6. The first-order chi connectivity index (χ1) is 22.0. The highest BCUT2D eigenvalue weighted by Gasteiger charge is 2.62. The maximum atomic E-state index is 14.3. The van der Waals surface area contributed by atoms with Crippen LogP contribution in [0.4, 0.5) is 4.79 Å². The highest BCUT2D eigenvalue weighted by molar-refractivity contribution is 6.37. The average molecular weight is 656 g/mol. The number of piperidine rings is 1. The number of hydrogen-bond acceptors (Lipinski definition) is 8. The molecule has 0 bridgehead atoms. The summed E-state index contributed by atoms with van der Waals surface area (Å²) in [6, 6.07) is -1.49. The summed E-state index contributed by atoms with van der Waals surface area (Å²) in [5, 5.41) is 8.18. The summed E-state index contributed by atoms with van der Waals surface area (Å²) in [6.45, 7) is 13.0. The number of furan rings is 1. The first-order valence-electron chi connectivity index (χ1n) is 16.4. The molecule has 13 nitrogen and oxygen atoms in total. The van der Waals surface area contributed by atoms with E-state index in [1.807, 2.05) is 13.8 Å². The van der Waals surface area contributed by atoms with Crippen molar-refractivity contribution in [1.29, 1.82) is 0 Å². The zero-order valence-corrected chi connectivity index (χ0v) is 28.4. The number of Topliss-reactive ketones (excluding diaryl/α,β-unsaturated/α-hetero) is 1. The number of amides is 5. The molecule has 5 N–H and O–H groups in total. The smallest absolute Gasteiger partial charge is 0.329 e. The van der Waals surface area contributed by atoms with E-state index in [1.165, 1.54) is 11.2 Å². The third-order valence-corrected chi connectivity index (χ3v) is 9.48. The fraction of sp³-hybridized carbons (Fsp3) is 0.647. The van der Waals surface area contributed by atoms with Gasteiger partial charge >= 0.3 is 12.0 Å². The van der Waals surface area contributed by atoms with Crippen LogP contribution in [0.3, 0.4) is 0 Å². The van der Waals surface area contributed by atoms with E-state index in [-0.39, 0.29) is 36.8 Å². The number of carbonyl (C=O) groups is 6. The van der Waals surface area contributed by atoms with Gasteiger partial charge in [0.2, 0.25) is 17.6 Å². The molecule has 1 unspecified atom stereocenters. The van der Waals surface area contributed by atoms with Crippen molar-refractivity contribution in [3.8, 4) is 0 Å². The van der Waals surface area contributed by atoms with Crippen LogP contribution in [0, 0.1) is 29.1 Å². The highest BCUT2D eigenvalue weighted by Crippen LogP contribution is 2.56. The number of urea groups is 1. The van der Waals surface area contributed by atoms with Crippen molar-refractivity contribution in [1.82, 2.24) is 20.9 Å². The van der Waals surface area contributed by atoms with E-state index in [9.17, 15) is 28.8 Å². The lowest BCUT2D eigenvalue weighted by molar-refractivity contribution is -0.149. The Kier molecular flexibility index (Phi) is 10.9. The fourth-order valence-electron chi connectivity index (χ4n) is 6.67. The molecule has 1 aromatic rings. The Bertz CT molecular complexity index is 1400. The zero-order chi connectivity index (χ0) is 34.8. The van der Waals surface area contributed by atoms with Gasteiger partial charge in [-0.3, -0.25) is 19.2 Å². The fourth-order valence-corrected chi connectivity index (χ4v) is 6.67. The second-order valence-electron chi connectivity index (χ2n) is 14.7. The Morgan fingerprint density at radius 3 is 2.26 bits per heavy atom. The molecular formula is C34H49N5O8. The minimum atomic E-state index is -1.11. The molecule has 0 spiro atoms. The van der Waals surface area contributed by atoms with E-state index < -0.39 is 65.1 Å². The predicted molar refractivity (Wildman–Crippen MR) is 171 cm³/mol. The summed E-state index contributed by atoms with van der Waals surface area (Å²) in [6.07, 6.45) is 4.60. The van der Waals surface area contributed by atoms with Crippen LogP contribution >= 0.6 is 0 Å². The van der Waals surface area contributed by atoms with Crippen LogP contribution in [0.15, 0.2) is 34.0 Å². The van der Waals surface area contributed by atoms with Gasteiger partial charge in [0.1, 0.15) is 30.5 Å². The maximum absolute atomic E-state index is 14.3. The number of ether oxygens (including phenoxy) is 1. The standard InChI is InChI=1S/C34H49N5O8/c1-17(2)23-21-15-39(26(24(21)23)30(42)36-22(27(40)29(35)41)14-19-10-8-11-19)31(43)28(34(5,6)7)38-33(45)37-25(18(3)4)32(44)47-16-20-12-9-13-46-20/h9,12-13,18-19,21-22,24-26,28H,8,10-11,14-16H2,1-7H3,(H2,35,41)(H,36,42)(H2,37,38,45)/t21-,22?,24-,25+,26+,28-/m1/s1. The normalized spacial score (nSPS) is 22.3. The summed E-state index contributed by atoms with van der Waals surface area (Å²) >= 11 is 0. The molecule has 2 aliphatic carbocycles. The third-order valence-electron chi connectivity index (χ3n) is 9.48. The topological polar surface area (TPSA) is 190 Å². The molecule has 0 radical (unpaired) electrons. The van der Waals surface area contributed by atoms with Crippen molar-refractivity contribution < 1.29 is 37.9 Å². The van der Waals surface area contributed by atoms with Crippen LogP contribution in [0.1, 0.15) is 79.9 Å². The van der Waals surface area contributed by atoms with Crippen LogP contribution in [-0.4, -0.2) is 71.1 Å². The molecule has 5 amide bonds. The summed E-state index contributed by atoms with van der Waals surface area (Å²) in [7, 11) is 0. The summed E-state index contributed by atoms with van der Waals surface area (Å²) in [5.41, 5.74) is 6.70. The molecular weight excluding hydrogens is 606 g/mol. The molecule has 1 aromatic heterocycles. The zero-order valence-electron chi connectivity index (χ0n) is 28.4. The van der Waals surface area contributed by atoms with E-state index >= 15 is 0 Å². The Morgan fingerprint density at radius 1 is 1.06 bits per heavy atom. The largest absolute Gasteiger partial charge is 0.466 e. The van der Waals surface area contributed by atoms with E-state index in [4.69, 9.17) is 14.9 Å². The van der Waals surface area contributed by atoms with Crippen molar-refractivity contribution in [2.45, 2.75) is 105 Å². The second-order valence-corrected chi connectivity index (χ2v) is 14.7. The number of nitrogens with one attached hydrogen (secondary N) is 3. The average Bonchev–Trinajstić information content (AvgIpc) is 3.27. The van der Waals surface area contributed by atoms with Crippen LogP contribution in [0.25, 0.3) is 0 Å². The lowest BCUT2D eigenvalue weighted by atomic mass is 9.80. The third kappa shape index (κ3) is 8.23. The number of hydrogen-bond donors (Lipinski definition) is 4. The molecule has 1 aliphatic heterocycles. The number of ketones is 1. The van der Waals surface area contributed by atoms with Gasteiger partial charge in [0.25, 0.3) is 5.91 Å². The Labute approximate surface area is 275 Å². The van der Waals surface area contributed by atoms with E-state index in [2.05, 4.69) is 16.0 Å². The van der Waals surface area contributed by atoms with E-state index in [0.29, 0.717) is 12.2 Å². The highest BCUT2D eigenvalue weighted by atomic mass is 16.5. The maximum Gasteiger partial charge on any atom is 0.329 e. The molecule has 13 heteroatoms. The van der Waals surface area contributed by atoms with Crippen molar-refractivity contribution in [2.75, 3.05) is 6.54 Å². The first-order valence-corrected chi connectivity index (χ1v) is 16.4. The van der Waals surface area contributed by atoms with Gasteiger partial charge in [0.05, 0.1) is 12.3 Å². The van der Waals surface area contributed by atoms with Gasteiger partial charge in [-0.1, -0.05) is 65.0 Å². The summed E-state index contributed by atoms with van der Waals surface area (Å²) in [4.78, 5) is 80.5. The molecule has 3 fully saturated rings. The monoisotopic (exact) mass is 655 g/mol. The molecule has 258 valence electrons. The number of likely N-dealkylation sites (tertiary alicyclic amines) is 1. The number of allylic oxidation sites excluding steroid dienone is 1. The predicted octanol–water partition coefficient (Wildman–Crippen LogP) is 2.58. The number of carbonyl (C=O) groups excluding carboxylic acids is 6. The van der Waals surface area contributed by atoms with Crippen molar-refractivity contribution in [3.63, 3.8) is 0 Å². The van der Waals surface area contributed by atoms with Crippen LogP contribution < -0.4 is 21.7 Å². The van der Waals surface area contributed by atoms with Crippen molar-refractivity contribution >= 4 is 35.5 Å². The van der Waals surface area contributed by atoms with Gasteiger partial charge in [-0.2, -0.15) is 0 Å². The lowest BCUT2D eigenvalue weighted by Crippen LogP contribution is -2.62. The minimum Gasteiger partial charge on any atom is -0.466 e. The number of primary amides is 1. The van der Waals surface area contributed by atoms with Gasteiger partial charge in [0, 0.05) is 18.4 Å². The number of nitrogens with zero attached hydrogens (tertiary/aromatic N) is 1. The quantitative estimate of drug-likeness (QED) is 0.142. The van der Waals surface area contributed by atoms with Gasteiger partial charge in [-0.25, -0.2) is 9.59 Å². The van der Waals surface area contributed by atoms with E-state index in [1.54, 1.807) is 46.8 Å². The number of fused-ring (bicyclic) bond motifs is 1. The van der Waals surface area contributed by atoms with Gasteiger partial charge in [0.15, 0.2) is 0 Å². The van der Waals surface area contributed by atoms with Crippen LogP contribution in [0.2, 0.25) is 0 Å². The van der Waals surface area contributed by atoms with Crippen LogP contribution in [0.5, 0.6) is 0 Å². The molecule has 2 heterocycles.